The lowest BCUT2D eigenvalue weighted by Gasteiger charge is -2.30. The number of aromatic nitrogens is 2. The van der Waals surface area contributed by atoms with E-state index >= 15 is 0 Å². The number of aryl methyl sites for hydroxylation is 2. The molecule has 0 spiro atoms. The van der Waals surface area contributed by atoms with Crippen molar-refractivity contribution in [3.8, 4) is 11.3 Å². The van der Waals surface area contributed by atoms with Crippen molar-refractivity contribution in [3.05, 3.63) is 41.3 Å². The Hall–Kier alpha value is -1.61. The summed E-state index contributed by atoms with van der Waals surface area (Å²) in [4.78, 5) is 8.17. The van der Waals surface area contributed by atoms with Gasteiger partial charge in [0.2, 0.25) is 0 Å². The van der Waals surface area contributed by atoms with Crippen molar-refractivity contribution in [2.45, 2.75) is 38.6 Å². The molecule has 0 saturated heterocycles. The molecule has 1 aromatic carbocycles. The van der Waals surface area contributed by atoms with Crippen molar-refractivity contribution in [3.63, 3.8) is 0 Å². The second kappa shape index (κ2) is 4.25. The maximum absolute atomic E-state index is 5.84. The van der Waals surface area contributed by atoms with Crippen LogP contribution in [0.1, 0.15) is 35.8 Å². The second-order valence-electron chi connectivity index (χ2n) is 5.39. The van der Waals surface area contributed by atoms with Crippen LogP contribution in [-0.2, 0) is 0 Å². The van der Waals surface area contributed by atoms with Crippen LogP contribution in [0, 0.1) is 13.8 Å². The molecule has 3 nitrogen and oxygen atoms in total. The van der Waals surface area contributed by atoms with Crippen LogP contribution in [0.25, 0.3) is 11.3 Å². The topological polar surface area (TPSA) is 54.7 Å². The standard InChI is InChI=1S/C15H19N3/c1-9-3-5-11(6-4-9)14-10(2)17-15(18-14)12-7-13(16)8-12/h3-6,12-13H,7-8,16H2,1-2H3,(H,17,18). The highest BCUT2D eigenvalue weighted by Gasteiger charge is 2.30. The van der Waals surface area contributed by atoms with Crippen LogP contribution in [0.15, 0.2) is 24.3 Å². The van der Waals surface area contributed by atoms with Crippen LogP contribution < -0.4 is 5.73 Å². The lowest BCUT2D eigenvalue weighted by molar-refractivity contribution is 0.340. The predicted octanol–water partition coefficient (Wildman–Crippen LogP) is 2.90. The number of H-pyrrole nitrogens is 1. The zero-order valence-electron chi connectivity index (χ0n) is 10.9. The van der Waals surface area contributed by atoms with Crippen molar-refractivity contribution in [2.24, 2.45) is 5.73 Å². The molecule has 3 N–H and O–H groups in total. The van der Waals surface area contributed by atoms with Gasteiger partial charge >= 0.3 is 0 Å². The van der Waals surface area contributed by atoms with Gasteiger partial charge in [0.25, 0.3) is 0 Å². The summed E-state index contributed by atoms with van der Waals surface area (Å²) in [7, 11) is 0. The molecule has 0 aliphatic heterocycles. The number of rotatable bonds is 2. The first-order valence-corrected chi connectivity index (χ1v) is 6.52. The summed E-state index contributed by atoms with van der Waals surface area (Å²) in [6, 6.07) is 8.89. The van der Waals surface area contributed by atoms with Crippen LogP contribution in [0.4, 0.5) is 0 Å². The summed E-state index contributed by atoms with van der Waals surface area (Å²) in [5, 5.41) is 0. The Balaban J connectivity index is 1.90. The highest BCUT2D eigenvalue weighted by atomic mass is 15.0. The Labute approximate surface area is 107 Å². The van der Waals surface area contributed by atoms with Crippen molar-refractivity contribution in [1.82, 2.24) is 9.97 Å². The second-order valence-corrected chi connectivity index (χ2v) is 5.39. The van der Waals surface area contributed by atoms with Crippen LogP contribution in [-0.4, -0.2) is 16.0 Å². The number of hydrogen-bond acceptors (Lipinski definition) is 2. The number of aromatic amines is 1. The summed E-state index contributed by atoms with van der Waals surface area (Å²) >= 11 is 0. The molecule has 3 rings (SSSR count). The van der Waals surface area contributed by atoms with E-state index in [0.29, 0.717) is 12.0 Å². The summed E-state index contributed by atoms with van der Waals surface area (Å²) < 4.78 is 0. The molecule has 2 aromatic rings. The molecule has 1 saturated carbocycles. The average molecular weight is 241 g/mol. The van der Waals surface area contributed by atoms with Gasteiger partial charge < -0.3 is 10.7 Å². The summed E-state index contributed by atoms with van der Waals surface area (Å²) in [6.07, 6.45) is 2.11. The van der Waals surface area contributed by atoms with E-state index in [1.54, 1.807) is 0 Å². The van der Waals surface area contributed by atoms with E-state index in [1.165, 1.54) is 11.1 Å². The molecule has 0 bridgehead atoms. The lowest BCUT2D eigenvalue weighted by atomic mass is 9.80. The van der Waals surface area contributed by atoms with E-state index in [4.69, 9.17) is 10.7 Å². The zero-order chi connectivity index (χ0) is 12.7. The lowest BCUT2D eigenvalue weighted by Crippen LogP contribution is -2.35. The fourth-order valence-corrected chi connectivity index (χ4v) is 2.55. The molecule has 0 atom stereocenters. The maximum Gasteiger partial charge on any atom is 0.110 e. The number of nitrogens with zero attached hydrogens (tertiary/aromatic N) is 1. The smallest absolute Gasteiger partial charge is 0.110 e. The molecule has 1 fully saturated rings. The minimum absolute atomic E-state index is 0.364. The van der Waals surface area contributed by atoms with Crippen LogP contribution >= 0.6 is 0 Å². The van der Waals surface area contributed by atoms with E-state index in [2.05, 4.69) is 43.1 Å². The van der Waals surface area contributed by atoms with Crippen LogP contribution in [0.5, 0.6) is 0 Å². The molecule has 18 heavy (non-hydrogen) atoms. The number of benzene rings is 1. The largest absolute Gasteiger partial charge is 0.345 e. The molecule has 0 amide bonds. The Bertz CT molecular complexity index is 548. The molecule has 1 aliphatic carbocycles. The first-order valence-electron chi connectivity index (χ1n) is 6.52. The van der Waals surface area contributed by atoms with Crippen molar-refractivity contribution < 1.29 is 0 Å². The normalized spacial score (nSPS) is 22.8. The molecule has 1 heterocycles. The van der Waals surface area contributed by atoms with Gasteiger partial charge in [-0.15, -0.1) is 0 Å². The van der Waals surface area contributed by atoms with E-state index in [1.807, 2.05) is 0 Å². The average Bonchev–Trinajstić information content (AvgIpc) is 2.68. The first-order chi connectivity index (χ1) is 8.63. The van der Waals surface area contributed by atoms with Gasteiger partial charge in [-0.1, -0.05) is 29.8 Å². The third-order valence-electron chi connectivity index (χ3n) is 3.79. The summed E-state index contributed by atoms with van der Waals surface area (Å²) in [5.41, 5.74) is 10.5. The highest BCUT2D eigenvalue weighted by molar-refractivity contribution is 5.62. The molecule has 1 aromatic heterocycles. The SMILES string of the molecule is Cc1ccc(-c2nc(C3CC(N)C3)[nH]c2C)cc1. The Morgan fingerprint density at radius 2 is 1.83 bits per heavy atom. The quantitative estimate of drug-likeness (QED) is 0.849. The first kappa shape index (κ1) is 11.5. The van der Waals surface area contributed by atoms with E-state index in [9.17, 15) is 0 Å². The van der Waals surface area contributed by atoms with Gasteiger partial charge in [-0.3, -0.25) is 0 Å². The van der Waals surface area contributed by atoms with E-state index in [-0.39, 0.29) is 0 Å². The zero-order valence-corrected chi connectivity index (χ0v) is 10.9. The fraction of sp³-hybridized carbons (Fsp3) is 0.400. The van der Waals surface area contributed by atoms with Crippen molar-refractivity contribution in [1.29, 1.82) is 0 Å². The molecule has 94 valence electrons. The monoisotopic (exact) mass is 241 g/mol. The number of nitrogens with one attached hydrogen (secondary N) is 1. The molecular weight excluding hydrogens is 222 g/mol. The maximum atomic E-state index is 5.84. The van der Waals surface area contributed by atoms with Gasteiger partial charge in [-0.05, 0) is 26.7 Å². The molecule has 3 heteroatoms. The number of hydrogen-bond donors (Lipinski definition) is 2. The van der Waals surface area contributed by atoms with Crippen molar-refractivity contribution >= 4 is 0 Å². The molecule has 1 aliphatic rings. The van der Waals surface area contributed by atoms with Gasteiger partial charge in [0, 0.05) is 23.2 Å². The third kappa shape index (κ3) is 1.95. The fourth-order valence-electron chi connectivity index (χ4n) is 2.55. The minimum Gasteiger partial charge on any atom is -0.345 e. The van der Waals surface area contributed by atoms with Crippen LogP contribution in [0.2, 0.25) is 0 Å². The van der Waals surface area contributed by atoms with Gasteiger partial charge in [0.1, 0.15) is 5.82 Å². The Kier molecular flexibility index (Phi) is 2.71. The summed E-state index contributed by atoms with van der Waals surface area (Å²) in [5.74, 6) is 1.63. The van der Waals surface area contributed by atoms with E-state index < -0.39 is 0 Å². The third-order valence-corrected chi connectivity index (χ3v) is 3.79. The molecule has 0 radical (unpaired) electrons. The van der Waals surface area contributed by atoms with E-state index in [0.717, 1.165) is 30.1 Å². The Morgan fingerprint density at radius 3 is 2.44 bits per heavy atom. The number of nitrogens with two attached hydrogens (primary N) is 1. The van der Waals surface area contributed by atoms with Gasteiger partial charge in [-0.25, -0.2) is 4.98 Å². The van der Waals surface area contributed by atoms with Crippen molar-refractivity contribution in [2.75, 3.05) is 0 Å². The predicted molar refractivity (Wildman–Crippen MR) is 73.4 cm³/mol. The minimum atomic E-state index is 0.364. The summed E-state index contributed by atoms with van der Waals surface area (Å²) in [6.45, 7) is 4.19. The Morgan fingerprint density at radius 1 is 1.17 bits per heavy atom. The highest BCUT2D eigenvalue weighted by Crippen LogP contribution is 2.35. The molecular formula is C15H19N3. The van der Waals surface area contributed by atoms with Gasteiger partial charge in [0.15, 0.2) is 0 Å². The van der Waals surface area contributed by atoms with Gasteiger partial charge in [-0.2, -0.15) is 0 Å². The van der Waals surface area contributed by atoms with Gasteiger partial charge in [0.05, 0.1) is 5.69 Å². The molecule has 0 unspecified atom stereocenters. The number of imidazole rings is 1. The van der Waals surface area contributed by atoms with Crippen LogP contribution in [0.3, 0.4) is 0 Å².